The topological polar surface area (TPSA) is 80.3 Å². The van der Waals surface area contributed by atoms with E-state index >= 15 is 0 Å². The van der Waals surface area contributed by atoms with Crippen LogP contribution in [0.15, 0.2) is 0 Å². The van der Waals surface area contributed by atoms with E-state index in [1.807, 2.05) is 27.7 Å². The van der Waals surface area contributed by atoms with Gasteiger partial charge in [-0.05, 0) is 11.8 Å². The molecule has 0 N–H and O–H groups in total. The lowest BCUT2D eigenvalue weighted by Crippen LogP contribution is -2.19. The van der Waals surface area contributed by atoms with E-state index in [4.69, 9.17) is 23.7 Å². The van der Waals surface area contributed by atoms with Gasteiger partial charge in [-0.2, -0.15) is 0 Å². The zero-order valence-electron chi connectivity index (χ0n) is 14.7. The van der Waals surface area contributed by atoms with E-state index in [0.717, 1.165) is 0 Å². The van der Waals surface area contributed by atoms with Crippen molar-refractivity contribution in [2.75, 3.05) is 52.9 Å². The molecule has 0 saturated heterocycles. The van der Waals surface area contributed by atoms with Crippen molar-refractivity contribution in [3.63, 3.8) is 0 Å². The summed E-state index contributed by atoms with van der Waals surface area (Å²) >= 11 is 0. The van der Waals surface area contributed by atoms with Crippen LogP contribution in [0.5, 0.6) is 0 Å². The number of rotatable bonds is 14. The van der Waals surface area contributed by atoms with Crippen molar-refractivity contribution in [2.24, 2.45) is 11.8 Å². The average molecular weight is 334 g/mol. The first kappa shape index (κ1) is 21.8. The molecule has 0 aromatic rings. The van der Waals surface area contributed by atoms with Gasteiger partial charge in [-0.3, -0.25) is 0 Å². The standard InChI is InChI=1S/C16H30O7/c1-13(2)9-22-15(17)11-20-7-5-19-6-8-21-12-16(18)23-10-14(3)4/h13-14H,5-12H2,1-4H3. The van der Waals surface area contributed by atoms with Gasteiger partial charge in [0.15, 0.2) is 0 Å². The zero-order valence-corrected chi connectivity index (χ0v) is 14.7. The van der Waals surface area contributed by atoms with E-state index in [9.17, 15) is 9.59 Å². The molecule has 0 fully saturated rings. The second-order valence-corrected chi connectivity index (χ2v) is 5.87. The maximum absolute atomic E-state index is 11.2. The fourth-order valence-corrected chi connectivity index (χ4v) is 1.25. The molecule has 0 radical (unpaired) electrons. The number of ether oxygens (including phenoxy) is 5. The SMILES string of the molecule is CC(C)COC(=O)COCCOCCOCC(=O)OCC(C)C. The maximum Gasteiger partial charge on any atom is 0.332 e. The average Bonchev–Trinajstić information content (AvgIpc) is 2.49. The number of carbonyl (C=O) groups is 2. The van der Waals surface area contributed by atoms with E-state index in [0.29, 0.717) is 51.5 Å². The minimum Gasteiger partial charge on any atom is -0.464 e. The quantitative estimate of drug-likeness (QED) is 0.351. The number of hydrogen-bond donors (Lipinski definition) is 0. The van der Waals surface area contributed by atoms with Crippen molar-refractivity contribution in [1.29, 1.82) is 0 Å². The highest BCUT2D eigenvalue weighted by molar-refractivity contribution is 5.70. The van der Waals surface area contributed by atoms with Crippen molar-refractivity contribution in [1.82, 2.24) is 0 Å². The lowest BCUT2D eigenvalue weighted by molar-refractivity contribution is -0.150. The summed E-state index contributed by atoms with van der Waals surface area (Å²) in [5.41, 5.74) is 0. The Balaban J connectivity index is 3.27. The molecular weight excluding hydrogens is 304 g/mol. The van der Waals surface area contributed by atoms with E-state index in [1.54, 1.807) is 0 Å². The van der Waals surface area contributed by atoms with Gasteiger partial charge >= 0.3 is 11.9 Å². The molecule has 136 valence electrons. The van der Waals surface area contributed by atoms with Crippen LogP contribution in [0.4, 0.5) is 0 Å². The van der Waals surface area contributed by atoms with Crippen molar-refractivity contribution in [2.45, 2.75) is 27.7 Å². The minimum atomic E-state index is -0.373. The van der Waals surface area contributed by atoms with Crippen LogP contribution in [0.25, 0.3) is 0 Å². The molecule has 0 atom stereocenters. The van der Waals surface area contributed by atoms with Crippen molar-refractivity contribution < 1.29 is 33.3 Å². The van der Waals surface area contributed by atoms with Crippen LogP contribution in [0.2, 0.25) is 0 Å². The summed E-state index contributed by atoms with van der Waals surface area (Å²) in [7, 11) is 0. The Morgan fingerprint density at radius 1 is 0.652 bits per heavy atom. The predicted molar refractivity (Wildman–Crippen MR) is 84.1 cm³/mol. The van der Waals surface area contributed by atoms with Crippen LogP contribution in [0.1, 0.15) is 27.7 Å². The van der Waals surface area contributed by atoms with Crippen LogP contribution in [-0.4, -0.2) is 64.8 Å². The first-order valence-corrected chi connectivity index (χ1v) is 7.96. The molecule has 0 aliphatic carbocycles. The van der Waals surface area contributed by atoms with E-state index in [1.165, 1.54) is 0 Å². The molecule has 0 bridgehead atoms. The molecular formula is C16H30O7. The zero-order chi connectivity index (χ0) is 17.5. The molecule has 23 heavy (non-hydrogen) atoms. The summed E-state index contributed by atoms with van der Waals surface area (Å²) in [6.45, 7) is 9.80. The van der Waals surface area contributed by atoms with Crippen molar-refractivity contribution in [3.05, 3.63) is 0 Å². The number of esters is 2. The molecule has 0 saturated carbocycles. The Morgan fingerprint density at radius 3 is 1.35 bits per heavy atom. The monoisotopic (exact) mass is 334 g/mol. The van der Waals surface area contributed by atoms with Gasteiger partial charge in [-0.1, -0.05) is 27.7 Å². The molecule has 7 heteroatoms. The van der Waals surface area contributed by atoms with Gasteiger partial charge in [-0.25, -0.2) is 9.59 Å². The summed E-state index contributed by atoms with van der Waals surface area (Å²) in [6, 6.07) is 0. The second-order valence-electron chi connectivity index (χ2n) is 5.87. The highest BCUT2D eigenvalue weighted by Crippen LogP contribution is 1.94. The van der Waals surface area contributed by atoms with E-state index in [-0.39, 0.29) is 25.2 Å². The van der Waals surface area contributed by atoms with Crippen LogP contribution in [-0.2, 0) is 33.3 Å². The Morgan fingerprint density at radius 2 is 1.00 bits per heavy atom. The smallest absolute Gasteiger partial charge is 0.332 e. The van der Waals surface area contributed by atoms with Crippen LogP contribution in [0, 0.1) is 11.8 Å². The number of hydrogen-bond acceptors (Lipinski definition) is 7. The molecule has 0 aromatic carbocycles. The Hall–Kier alpha value is -1.18. The molecule has 0 unspecified atom stereocenters. The van der Waals surface area contributed by atoms with E-state index in [2.05, 4.69) is 0 Å². The highest BCUT2D eigenvalue weighted by Gasteiger charge is 2.05. The third kappa shape index (κ3) is 17.0. The first-order chi connectivity index (χ1) is 10.9. The van der Waals surface area contributed by atoms with Gasteiger partial charge < -0.3 is 23.7 Å². The Labute approximate surface area is 138 Å². The minimum absolute atomic E-state index is 0.0751. The molecule has 0 aliphatic heterocycles. The first-order valence-electron chi connectivity index (χ1n) is 7.96. The third-order valence-electron chi connectivity index (χ3n) is 2.34. The molecule has 0 aliphatic rings. The highest BCUT2D eigenvalue weighted by atomic mass is 16.6. The van der Waals surface area contributed by atoms with Crippen LogP contribution >= 0.6 is 0 Å². The van der Waals surface area contributed by atoms with Crippen LogP contribution in [0.3, 0.4) is 0 Å². The van der Waals surface area contributed by atoms with Gasteiger partial charge in [0.05, 0.1) is 39.6 Å². The fourth-order valence-electron chi connectivity index (χ4n) is 1.25. The van der Waals surface area contributed by atoms with Crippen molar-refractivity contribution in [3.8, 4) is 0 Å². The largest absolute Gasteiger partial charge is 0.464 e. The lowest BCUT2D eigenvalue weighted by atomic mass is 10.2. The molecule has 0 aromatic heterocycles. The fraction of sp³-hybridized carbons (Fsp3) is 0.875. The van der Waals surface area contributed by atoms with Gasteiger partial charge in [0.1, 0.15) is 13.2 Å². The third-order valence-corrected chi connectivity index (χ3v) is 2.34. The van der Waals surface area contributed by atoms with Crippen LogP contribution < -0.4 is 0 Å². The molecule has 0 amide bonds. The maximum atomic E-state index is 11.2. The second kappa shape index (κ2) is 14.4. The van der Waals surface area contributed by atoms with Gasteiger partial charge in [0.2, 0.25) is 0 Å². The summed E-state index contributed by atoms with van der Waals surface area (Å²) in [6.07, 6.45) is 0. The van der Waals surface area contributed by atoms with Gasteiger partial charge in [-0.15, -0.1) is 0 Å². The summed E-state index contributed by atoms with van der Waals surface area (Å²) in [5.74, 6) is -0.126. The Bertz CT molecular complexity index is 286. The summed E-state index contributed by atoms with van der Waals surface area (Å²) in [4.78, 5) is 22.5. The van der Waals surface area contributed by atoms with Gasteiger partial charge in [0.25, 0.3) is 0 Å². The molecule has 7 nitrogen and oxygen atoms in total. The normalized spacial score (nSPS) is 11.0. The predicted octanol–water partition coefficient (Wildman–Crippen LogP) is 1.43. The molecule has 0 heterocycles. The van der Waals surface area contributed by atoms with Crippen molar-refractivity contribution >= 4 is 11.9 Å². The molecule has 0 rings (SSSR count). The summed E-state index contributed by atoms with van der Waals surface area (Å²) < 4.78 is 25.4. The molecule has 0 spiro atoms. The lowest BCUT2D eigenvalue weighted by Gasteiger charge is -2.09. The summed E-state index contributed by atoms with van der Waals surface area (Å²) in [5, 5.41) is 0. The Kier molecular flexibility index (Phi) is 13.7. The number of carbonyl (C=O) groups excluding carboxylic acids is 2. The van der Waals surface area contributed by atoms with Gasteiger partial charge in [0, 0.05) is 0 Å². The van der Waals surface area contributed by atoms with E-state index < -0.39 is 0 Å².